The van der Waals surface area contributed by atoms with E-state index in [0.717, 1.165) is 19.1 Å². The highest BCUT2D eigenvalue weighted by molar-refractivity contribution is 5.71. The van der Waals surface area contributed by atoms with Crippen molar-refractivity contribution in [2.45, 2.75) is 92.3 Å². The molecule has 0 heterocycles. The molecular weight excluding hydrogens is 410 g/mol. The Morgan fingerprint density at radius 3 is 2.16 bits per heavy atom. The first-order chi connectivity index (χ1) is 13.7. The SMILES string of the molecule is CC12CCC(C1)C(C)(C)C2OC(=O)C[N+](C)(C)CCOC1CC2CCC1(C)C2(C)C.[Cl-]. The third kappa shape index (κ3) is 3.97. The maximum atomic E-state index is 12.9. The number of halogens is 1. The van der Waals surface area contributed by atoms with E-state index in [1.165, 1.54) is 38.5 Å². The summed E-state index contributed by atoms with van der Waals surface area (Å²) in [6.45, 7) is 16.2. The molecule has 4 fully saturated rings. The monoisotopic (exact) mass is 455 g/mol. The van der Waals surface area contributed by atoms with Crippen molar-refractivity contribution in [3.05, 3.63) is 0 Å². The van der Waals surface area contributed by atoms with Crippen molar-refractivity contribution in [2.75, 3.05) is 33.8 Å². The van der Waals surface area contributed by atoms with E-state index in [4.69, 9.17) is 9.47 Å². The summed E-state index contributed by atoms with van der Waals surface area (Å²) in [5.41, 5.74) is 0.965. The van der Waals surface area contributed by atoms with Gasteiger partial charge in [-0.3, -0.25) is 0 Å². The van der Waals surface area contributed by atoms with E-state index < -0.39 is 0 Å². The van der Waals surface area contributed by atoms with E-state index in [2.05, 4.69) is 55.6 Å². The lowest BCUT2D eigenvalue weighted by molar-refractivity contribution is -0.883. The highest BCUT2D eigenvalue weighted by Gasteiger charge is 2.62. The van der Waals surface area contributed by atoms with Gasteiger partial charge in [-0.25, -0.2) is 4.79 Å². The van der Waals surface area contributed by atoms with Gasteiger partial charge in [0.05, 0.1) is 26.8 Å². The standard InChI is InChI=1S/C26H46NO3.ClH/c1-23(2)19-9-11-25(5,16-19)22(23)30-21(28)17-27(7,8)13-14-29-20-15-18-10-12-26(20,6)24(18,3)4;/h18-20,22H,9-17H2,1-8H3;1H/q+1;/p-1. The Kier molecular flexibility index (Phi) is 6.43. The molecule has 6 atom stereocenters. The van der Waals surface area contributed by atoms with E-state index in [1.807, 2.05) is 0 Å². The molecule has 180 valence electrons. The zero-order valence-electron chi connectivity index (χ0n) is 21.2. The Morgan fingerprint density at radius 1 is 1.00 bits per heavy atom. The van der Waals surface area contributed by atoms with Crippen LogP contribution in [0.3, 0.4) is 0 Å². The van der Waals surface area contributed by atoms with Crippen LogP contribution in [-0.2, 0) is 14.3 Å². The van der Waals surface area contributed by atoms with Crippen molar-refractivity contribution in [3.63, 3.8) is 0 Å². The number of likely N-dealkylation sites (N-methyl/N-ethyl adjacent to an activating group) is 1. The van der Waals surface area contributed by atoms with Crippen LogP contribution in [0.1, 0.15) is 80.1 Å². The Morgan fingerprint density at radius 2 is 1.65 bits per heavy atom. The fourth-order valence-electron chi connectivity index (χ4n) is 7.97. The minimum atomic E-state index is -0.0418. The number of nitrogens with zero attached hydrogens (tertiary/aromatic N) is 1. The fraction of sp³-hybridized carbons (Fsp3) is 0.962. The van der Waals surface area contributed by atoms with Gasteiger partial charge in [0.25, 0.3) is 0 Å². The summed E-state index contributed by atoms with van der Waals surface area (Å²) in [6.07, 6.45) is 7.97. The van der Waals surface area contributed by atoms with Gasteiger partial charge in [-0.15, -0.1) is 0 Å². The van der Waals surface area contributed by atoms with Gasteiger partial charge < -0.3 is 26.4 Å². The molecule has 0 N–H and O–H groups in total. The van der Waals surface area contributed by atoms with Crippen LogP contribution in [0.2, 0.25) is 0 Å². The maximum Gasteiger partial charge on any atom is 0.362 e. The zero-order chi connectivity index (χ0) is 22.2. The number of rotatable bonds is 7. The van der Waals surface area contributed by atoms with Crippen molar-refractivity contribution in [1.29, 1.82) is 0 Å². The molecule has 0 spiro atoms. The summed E-state index contributed by atoms with van der Waals surface area (Å²) in [4.78, 5) is 12.9. The van der Waals surface area contributed by atoms with Crippen LogP contribution in [0.15, 0.2) is 0 Å². The molecule has 0 saturated heterocycles. The van der Waals surface area contributed by atoms with Crippen LogP contribution in [0.25, 0.3) is 0 Å². The summed E-state index contributed by atoms with van der Waals surface area (Å²) in [7, 11) is 4.26. The van der Waals surface area contributed by atoms with E-state index >= 15 is 0 Å². The van der Waals surface area contributed by atoms with E-state index in [9.17, 15) is 4.79 Å². The largest absolute Gasteiger partial charge is 1.00 e. The van der Waals surface area contributed by atoms with E-state index in [1.54, 1.807) is 0 Å². The van der Waals surface area contributed by atoms with Crippen LogP contribution >= 0.6 is 0 Å². The molecule has 0 aromatic carbocycles. The lowest BCUT2D eigenvalue weighted by Gasteiger charge is -2.42. The molecule has 4 aliphatic rings. The minimum absolute atomic E-state index is 0. The maximum absolute atomic E-state index is 12.9. The number of esters is 1. The van der Waals surface area contributed by atoms with E-state index in [-0.39, 0.29) is 35.3 Å². The van der Waals surface area contributed by atoms with Gasteiger partial charge in [0, 0.05) is 10.8 Å². The number of fused-ring (bicyclic) bond motifs is 4. The lowest BCUT2D eigenvalue weighted by Crippen LogP contribution is -3.00. The van der Waals surface area contributed by atoms with Crippen LogP contribution in [0, 0.1) is 33.5 Å². The Hall–Kier alpha value is -0.320. The molecular formula is C26H46ClNO3. The molecule has 4 rings (SSSR count). The Balaban J connectivity index is 0.00000272. The molecule has 0 aliphatic heterocycles. The number of hydrogen-bond donors (Lipinski definition) is 0. The molecule has 31 heavy (non-hydrogen) atoms. The molecule has 6 unspecified atom stereocenters. The molecule has 4 aliphatic carbocycles. The fourth-order valence-corrected chi connectivity index (χ4v) is 7.97. The molecule has 5 heteroatoms. The van der Waals surface area contributed by atoms with Crippen molar-refractivity contribution < 1.29 is 31.2 Å². The molecule has 4 bridgehead atoms. The third-order valence-electron chi connectivity index (χ3n) is 10.7. The van der Waals surface area contributed by atoms with Gasteiger partial charge in [0.15, 0.2) is 6.54 Å². The highest BCUT2D eigenvalue weighted by atomic mass is 35.5. The summed E-state index contributed by atoms with van der Waals surface area (Å²) in [5.74, 6) is 1.46. The number of quaternary nitrogens is 1. The van der Waals surface area contributed by atoms with Gasteiger partial charge in [-0.1, -0.05) is 41.5 Å². The number of carbonyl (C=O) groups is 1. The first-order valence-electron chi connectivity index (χ1n) is 12.3. The highest BCUT2D eigenvalue weighted by Crippen LogP contribution is 2.66. The van der Waals surface area contributed by atoms with Crippen LogP contribution in [0.4, 0.5) is 0 Å². The van der Waals surface area contributed by atoms with Crippen LogP contribution in [0.5, 0.6) is 0 Å². The van der Waals surface area contributed by atoms with Gasteiger partial charge in [-0.05, 0) is 61.2 Å². The average Bonchev–Trinajstić information content (AvgIpc) is 3.22. The van der Waals surface area contributed by atoms with Gasteiger partial charge in [0.1, 0.15) is 12.6 Å². The quantitative estimate of drug-likeness (QED) is 0.435. The zero-order valence-corrected chi connectivity index (χ0v) is 22.0. The topological polar surface area (TPSA) is 35.5 Å². The smallest absolute Gasteiger partial charge is 0.362 e. The van der Waals surface area contributed by atoms with Crippen molar-refractivity contribution in [2.24, 2.45) is 33.5 Å². The third-order valence-corrected chi connectivity index (χ3v) is 10.7. The first-order valence-corrected chi connectivity index (χ1v) is 12.3. The first kappa shape index (κ1) is 25.3. The van der Waals surface area contributed by atoms with Crippen LogP contribution in [-0.4, -0.2) is 56.5 Å². The summed E-state index contributed by atoms with van der Waals surface area (Å²) >= 11 is 0. The number of ether oxygens (including phenoxy) is 2. The second-order valence-corrected chi connectivity index (χ2v) is 13.6. The molecule has 4 nitrogen and oxygen atoms in total. The summed E-state index contributed by atoms with van der Waals surface area (Å²) in [5, 5.41) is 0. The van der Waals surface area contributed by atoms with Crippen molar-refractivity contribution in [1.82, 2.24) is 0 Å². The lowest BCUT2D eigenvalue weighted by atomic mass is 9.70. The van der Waals surface area contributed by atoms with Crippen molar-refractivity contribution in [3.8, 4) is 0 Å². The second-order valence-electron chi connectivity index (χ2n) is 13.6. The molecule has 4 saturated carbocycles. The predicted molar refractivity (Wildman–Crippen MR) is 120 cm³/mol. The number of hydrogen-bond acceptors (Lipinski definition) is 3. The summed E-state index contributed by atoms with van der Waals surface area (Å²) in [6, 6.07) is 0. The molecule has 0 amide bonds. The minimum Gasteiger partial charge on any atom is -1.00 e. The molecule has 0 aromatic rings. The van der Waals surface area contributed by atoms with Crippen molar-refractivity contribution >= 4 is 5.97 Å². The van der Waals surface area contributed by atoms with Crippen LogP contribution < -0.4 is 12.4 Å². The Bertz CT molecular complexity index is 700. The van der Waals surface area contributed by atoms with Gasteiger partial charge in [-0.2, -0.15) is 0 Å². The van der Waals surface area contributed by atoms with Gasteiger partial charge >= 0.3 is 5.97 Å². The predicted octanol–water partition coefficient (Wildman–Crippen LogP) is 2.06. The average molecular weight is 456 g/mol. The normalized spacial score (nSPS) is 41.9. The second kappa shape index (κ2) is 7.87. The summed E-state index contributed by atoms with van der Waals surface area (Å²) < 4.78 is 13.2. The Labute approximate surface area is 196 Å². The van der Waals surface area contributed by atoms with E-state index in [0.29, 0.717) is 33.9 Å². The number of carbonyl (C=O) groups excluding carboxylic acids is 1. The van der Waals surface area contributed by atoms with Gasteiger partial charge in [0.2, 0.25) is 0 Å². The molecule has 0 aromatic heterocycles. The molecule has 0 radical (unpaired) electrons.